The number of halogens is 2. The van der Waals surface area contributed by atoms with Crippen molar-refractivity contribution in [2.45, 2.75) is 109 Å². The van der Waals surface area contributed by atoms with Crippen molar-refractivity contribution in [2.75, 3.05) is 0 Å². The first-order chi connectivity index (χ1) is 14.6. The molecule has 0 atom stereocenters. The van der Waals surface area contributed by atoms with Gasteiger partial charge in [0, 0.05) is 0 Å². The molecule has 1 nitrogen and oxygen atoms in total. The van der Waals surface area contributed by atoms with Crippen LogP contribution in [0, 0.1) is 40.7 Å². The summed E-state index contributed by atoms with van der Waals surface area (Å²) in [7, 11) is 0. The van der Waals surface area contributed by atoms with Gasteiger partial charge in [0.05, 0.1) is 5.56 Å². The molecule has 0 spiro atoms. The minimum Gasteiger partial charge on any atom is -0.203 e. The van der Waals surface area contributed by atoms with Crippen LogP contribution in [0.25, 0.3) is 0 Å². The predicted molar refractivity (Wildman–Crippen MR) is 119 cm³/mol. The molecule has 0 aromatic heterocycles. The van der Waals surface area contributed by atoms with E-state index in [1.165, 1.54) is 76.7 Å². The lowest BCUT2D eigenvalue weighted by Gasteiger charge is -2.38. The second-order valence-corrected chi connectivity index (χ2v) is 9.89. The van der Waals surface area contributed by atoms with Gasteiger partial charge in [-0.25, -0.2) is 8.78 Å². The molecule has 3 heteroatoms. The predicted octanol–water partition coefficient (Wildman–Crippen LogP) is 8.67. The van der Waals surface area contributed by atoms with Gasteiger partial charge in [-0.05, 0) is 73.8 Å². The van der Waals surface area contributed by atoms with E-state index in [1.54, 1.807) is 12.1 Å². The Morgan fingerprint density at radius 3 is 2.03 bits per heavy atom. The minimum absolute atomic E-state index is 0.104. The van der Waals surface area contributed by atoms with Crippen molar-refractivity contribution in [3.8, 4) is 6.07 Å². The van der Waals surface area contributed by atoms with Crippen LogP contribution < -0.4 is 0 Å². The Balaban J connectivity index is 1.38. The summed E-state index contributed by atoms with van der Waals surface area (Å²) in [5, 5.41) is 8.88. The van der Waals surface area contributed by atoms with Gasteiger partial charge in [-0.1, -0.05) is 70.8 Å². The fourth-order valence-corrected chi connectivity index (χ4v) is 6.03. The Morgan fingerprint density at radius 1 is 0.800 bits per heavy atom. The van der Waals surface area contributed by atoms with Crippen LogP contribution in [0.15, 0.2) is 12.1 Å². The SMILES string of the molecule is CCCCCCCCC1CCC(C2CCC(c3ccc(C#N)c(F)c3F)CC2)CC1. The molecule has 0 amide bonds. The molecular formula is C27H39F2N. The number of hydrogen-bond acceptors (Lipinski definition) is 1. The maximum absolute atomic E-state index is 14.4. The van der Waals surface area contributed by atoms with Crippen LogP contribution in [0.4, 0.5) is 8.78 Å². The van der Waals surface area contributed by atoms with Gasteiger partial charge in [-0.2, -0.15) is 5.26 Å². The van der Waals surface area contributed by atoms with Crippen LogP contribution in [-0.4, -0.2) is 0 Å². The van der Waals surface area contributed by atoms with E-state index in [0.717, 1.165) is 43.4 Å². The standard InChI is InChI=1S/C27H39F2N/c1-2-3-4-5-6-7-8-20-9-11-21(12-10-20)22-13-15-23(16-14-22)25-18-17-24(19-30)26(28)27(25)29/h17-18,20-23H,2-16H2,1H3. The lowest BCUT2D eigenvalue weighted by molar-refractivity contribution is 0.155. The summed E-state index contributed by atoms with van der Waals surface area (Å²) in [6, 6.07) is 4.80. The quantitative estimate of drug-likeness (QED) is 0.370. The molecule has 3 rings (SSSR count). The summed E-state index contributed by atoms with van der Waals surface area (Å²) in [4.78, 5) is 0. The molecule has 30 heavy (non-hydrogen) atoms. The Hall–Kier alpha value is -1.43. The molecule has 2 aliphatic carbocycles. The van der Waals surface area contributed by atoms with E-state index in [2.05, 4.69) is 6.92 Å². The van der Waals surface area contributed by atoms with E-state index in [-0.39, 0.29) is 11.5 Å². The van der Waals surface area contributed by atoms with Gasteiger partial charge in [0.1, 0.15) is 6.07 Å². The molecule has 2 aliphatic rings. The van der Waals surface area contributed by atoms with Crippen LogP contribution in [0.3, 0.4) is 0 Å². The van der Waals surface area contributed by atoms with E-state index in [1.807, 2.05) is 0 Å². The Bertz CT molecular complexity index is 692. The third-order valence-electron chi connectivity index (χ3n) is 7.97. The van der Waals surface area contributed by atoms with Crippen molar-refractivity contribution >= 4 is 0 Å². The van der Waals surface area contributed by atoms with Gasteiger partial charge >= 0.3 is 0 Å². The number of nitriles is 1. The highest BCUT2D eigenvalue weighted by Crippen LogP contribution is 2.45. The zero-order valence-electron chi connectivity index (χ0n) is 18.8. The van der Waals surface area contributed by atoms with Gasteiger partial charge < -0.3 is 0 Å². The number of hydrogen-bond donors (Lipinski definition) is 0. The van der Waals surface area contributed by atoms with E-state index in [0.29, 0.717) is 5.56 Å². The summed E-state index contributed by atoms with van der Waals surface area (Å²) >= 11 is 0. The zero-order valence-corrected chi connectivity index (χ0v) is 18.8. The molecule has 0 aliphatic heterocycles. The van der Waals surface area contributed by atoms with Gasteiger partial charge in [0.15, 0.2) is 11.6 Å². The van der Waals surface area contributed by atoms with Gasteiger partial charge in [-0.3, -0.25) is 0 Å². The van der Waals surface area contributed by atoms with E-state index in [9.17, 15) is 8.78 Å². The molecule has 0 unspecified atom stereocenters. The zero-order chi connectivity index (χ0) is 21.3. The fraction of sp³-hybridized carbons (Fsp3) is 0.741. The van der Waals surface area contributed by atoms with Crippen LogP contribution in [-0.2, 0) is 0 Å². The summed E-state index contributed by atoms with van der Waals surface area (Å²) < 4.78 is 28.4. The smallest absolute Gasteiger partial charge is 0.176 e. The summed E-state index contributed by atoms with van der Waals surface area (Å²) in [6.07, 6.45) is 19.5. The molecule has 0 saturated heterocycles. The Morgan fingerprint density at radius 2 is 1.40 bits per heavy atom. The first-order valence-electron chi connectivity index (χ1n) is 12.5. The van der Waals surface area contributed by atoms with Crippen LogP contribution in [0.2, 0.25) is 0 Å². The van der Waals surface area contributed by atoms with Gasteiger partial charge in [0.25, 0.3) is 0 Å². The Labute approximate surface area is 182 Å². The lowest BCUT2D eigenvalue weighted by atomic mass is 9.68. The van der Waals surface area contributed by atoms with Crippen molar-refractivity contribution in [2.24, 2.45) is 17.8 Å². The van der Waals surface area contributed by atoms with E-state index >= 15 is 0 Å². The second kappa shape index (κ2) is 11.8. The first-order valence-corrected chi connectivity index (χ1v) is 12.5. The molecule has 0 bridgehead atoms. The van der Waals surface area contributed by atoms with Crippen LogP contribution in [0.1, 0.15) is 120 Å². The molecule has 1 aromatic carbocycles. The average molecular weight is 416 g/mol. The molecule has 1 aromatic rings. The third-order valence-corrected chi connectivity index (χ3v) is 7.97. The number of unbranched alkanes of at least 4 members (excludes halogenated alkanes) is 5. The van der Waals surface area contributed by atoms with Crippen molar-refractivity contribution in [3.05, 3.63) is 34.9 Å². The lowest BCUT2D eigenvalue weighted by Crippen LogP contribution is -2.25. The normalized spacial score (nSPS) is 27.0. The minimum atomic E-state index is -0.971. The van der Waals surface area contributed by atoms with Crippen molar-refractivity contribution in [1.82, 2.24) is 0 Å². The number of rotatable bonds is 9. The van der Waals surface area contributed by atoms with Crippen LogP contribution >= 0.6 is 0 Å². The Kier molecular flexibility index (Phi) is 9.16. The summed E-state index contributed by atoms with van der Waals surface area (Å²) in [5.74, 6) is 0.886. The first kappa shape index (κ1) is 23.2. The highest BCUT2D eigenvalue weighted by atomic mass is 19.2. The van der Waals surface area contributed by atoms with Gasteiger partial charge in [-0.15, -0.1) is 0 Å². The second-order valence-electron chi connectivity index (χ2n) is 9.89. The van der Waals surface area contributed by atoms with Crippen molar-refractivity contribution in [1.29, 1.82) is 5.26 Å². The average Bonchev–Trinajstić information content (AvgIpc) is 2.78. The third kappa shape index (κ3) is 6.05. The number of nitrogens with zero attached hydrogens (tertiary/aromatic N) is 1. The highest BCUT2D eigenvalue weighted by molar-refractivity contribution is 5.36. The van der Waals surface area contributed by atoms with Crippen molar-refractivity contribution in [3.63, 3.8) is 0 Å². The van der Waals surface area contributed by atoms with Gasteiger partial charge in [0.2, 0.25) is 0 Å². The highest BCUT2D eigenvalue weighted by Gasteiger charge is 2.32. The largest absolute Gasteiger partial charge is 0.203 e. The maximum Gasteiger partial charge on any atom is 0.176 e. The maximum atomic E-state index is 14.4. The van der Waals surface area contributed by atoms with Crippen LogP contribution in [0.5, 0.6) is 0 Å². The molecule has 2 saturated carbocycles. The molecule has 0 N–H and O–H groups in total. The summed E-state index contributed by atoms with van der Waals surface area (Å²) in [6.45, 7) is 2.27. The molecule has 2 fully saturated rings. The molecule has 0 heterocycles. The number of benzene rings is 1. The molecule has 0 radical (unpaired) electrons. The monoisotopic (exact) mass is 415 g/mol. The van der Waals surface area contributed by atoms with E-state index < -0.39 is 11.6 Å². The van der Waals surface area contributed by atoms with Crippen molar-refractivity contribution < 1.29 is 8.78 Å². The topological polar surface area (TPSA) is 23.8 Å². The molecular weight excluding hydrogens is 376 g/mol. The van der Waals surface area contributed by atoms with E-state index in [4.69, 9.17) is 5.26 Å². The summed E-state index contributed by atoms with van der Waals surface area (Å²) in [5.41, 5.74) is 0.287. The fourth-order valence-electron chi connectivity index (χ4n) is 6.03. The molecule has 166 valence electrons.